The zero-order chi connectivity index (χ0) is 11.4. The van der Waals surface area contributed by atoms with Gasteiger partial charge in [-0.05, 0) is 40.5 Å². The third kappa shape index (κ3) is 3.21. The van der Waals surface area contributed by atoms with Gasteiger partial charge in [-0.1, -0.05) is 6.07 Å². The Balaban J connectivity index is 2.91. The smallest absolute Gasteiger partial charge is 0.254 e. The van der Waals surface area contributed by atoms with Crippen molar-refractivity contribution in [1.29, 1.82) is 0 Å². The van der Waals surface area contributed by atoms with Gasteiger partial charge in [0.15, 0.2) is 0 Å². The van der Waals surface area contributed by atoms with Crippen molar-refractivity contribution in [1.82, 2.24) is 4.90 Å². The Kier molecular flexibility index (Phi) is 4.61. The summed E-state index contributed by atoms with van der Waals surface area (Å²) in [7, 11) is 1.75. The van der Waals surface area contributed by atoms with Crippen LogP contribution < -0.4 is 0 Å². The average Bonchev–Trinajstić information content (AvgIpc) is 2.17. The van der Waals surface area contributed by atoms with E-state index in [1.54, 1.807) is 11.9 Å². The van der Waals surface area contributed by atoms with E-state index in [1.807, 2.05) is 25.1 Å². The molecular formula is C11H13BrClNO. The van der Waals surface area contributed by atoms with Crippen LogP contribution in [-0.4, -0.2) is 30.3 Å². The predicted octanol–water partition coefficient (Wildman–Crippen LogP) is 3.07. The summed E-state index contributed by atoms with van der Waals surface area (Å²) in [6, 6.07) is 5.68. The lowest BCUT2D eigenvalue weighted by molar-refractivity contribution is 0.0802. The van der Waals surface area contributed by atoms with E-state index >= 15 is 0 Å². The van der Waals surface area contributed by atoms with E-state index in [-0.39, 0.29) is 5.91 Å². The summed E-state index contributed by atoms with van der Waals surface area (Å²) in [5.41, 5.74) is 1.80. The molecule has 0 aliphatic rings. The van der Waals surface area contributed by atoms with Crippen LogP contribution in [0.3, 0.4) is 0 Å². The molecule has 1 amide bonds. The second-order valence-corrected chi connectivity index (χ2v) is 4.63. The van der Waals surface area contributed by atoms with Crippen LogP contribution in [0.2, 0.25) is 0 Å². The summed E-state index contributed by atoms with van der Waals surface area (Å²) in [4.78, 5) is 13.5. The molecule has 0 heterocycles. The van der Waals surface area contributed by atoms with Gasteiger partial charge in [-0.3, -0.25) is 4.79 Å². The normalized spacial score (nSPS) is 10.1. The van der Waals surface area contributed by atoms with E-state index in [1.165, 1.54) is 0 Å². The van der Waals surface area contributed by atoms with Gasteiger partial charge in [0.2, 0.25) is 0 Å². The van der Waals surface area contributed by atoms with E-state index in [0.717, 1.165) is 10.0 Å². The minimum atomic E-state index is -0.0116. The molecule has 0 spiro atoms. The predicted molar refractivity (Wildman–Crippen MR) is 66.6 cm³/mol. The molecule has 0 aliphatic heterocycles. The highest BCUT2D eigenvalue weighted by molar-refractivity contribution is 9.10. The van der Waals surface area contributed by atoms with Crippen molar-refractivity contribution in [3.63, 3.8) is 0 Å². The first kappa shape index (κ1) is 12.5. The van der Waals surface area contributed by atoms with E-state index in [2.05, 4.69) is 15.9 Å². The molecule has 1 aromatic rings. The number of alkyl halides is 1. The molecule has 0 bridgehead atoms. The summed E-state index contributed by atoms with van der Waals surface area (Å²) in [5.74, 6) is 0.439. The first-order chi connectivity index (χ1) is 7.06. The van der Waals surface area contributed by atoms with Gasteiger partial charge in [0.05, 0.1) is 5.56 Å². The highest BCUT2D eigenvalue weighted by Gasteiger charge is 2.13. The Morgan fingerprint density at radius 3 is 2.73 bits per heavy atom. The SMILES string of the molecule is Cc1ccc(C(=O)N(C)CCCl)c(Br)c1. The molecule has 15 heavy (non-hydrogen) atoms. The first-order valence-corrected chi connectivity index (χ1v) is 5.96. The maximum atomic E-state index is 11.9. The number of amides is 1. The molecule has 82 valence electrons. The molecule has 2 nitrogen and oxygen atoms in total. The van der Waals surface area contributed by atoms with Crippen molar-refractivity contribution in [2.75, 3.05) is 19.5 Å². The molecule has 4 heteroatoms. The lowest BCUT2D eigenvalue weighted by Crippen LogP contribution is -2.28. The van der Waals surface area contributed by atoms with Gasteiger partial charge in [0.1, 0.15) is 0 Å². The van der Waals surface area contributed by atoms with Crippen LogP contribution in [0.15, 0.2) is 22.7 Å². The van der Waals surface area contributed by atoms with E-state index in [4.69, 9.17) is 11.6 Å². The number of nitrogens with zero attached hydrogens (tertiary/aromatic N) is 1. The molecule has 1 aromatic carbocycles. The van der Waals surface area contributed by atoms with Crippen molar-refractivity contribution in [2.24, 2.45) is 0 Å². The highest BCUT2D eigenvalue weighted by Crippen LogP contribution is 2.19. The zero-order valence-corrected chi connectivity index (χ0v) is 11.1. The highest BCUT2D eigenvalue weighted by atomic mass is 79.9. The van der Waals surface area contributed by atoms with Crippen molar-refractivity contribution in [2.45, 2.75) is 6.92 Å². The largest absolute Gasteiger partial charge is 0.340 e. The molecular weight excluding hydrogens is 277 g/mol. The van der Waals surface area contributed by atoms with Gasteiger partial charge in [0.25, 0.3) is 5.91 Å². The topological polar surface area (TPSA) is 20.3 Å². The van der Waals surface area contributed by atoms with Gasteiger partial charge in [-0.25, -0.2) is 0 Å². The molecule has 0 aliphatic carbocycles. The van der Waals surface area contributed by atoms with Gasteiger partial charge in [0, 0.05) is 23.9 Å². The van der Waals surface area contributed by atoms with Crippen molar-refractivity contribution in [3.8, 4) is 0 Å². The van der Waals surface area contributed by atoms with Crippen LogP contribution in [-0.2, 0) is 0 Å². The lowest BCUT2D eigenvalue weighted by Gasteiger charge is -2.16. The van der Waals surface area contributed by atoms with Crippen LogP contribution in [0.1, 0.15) is 15.9 Å². The van der Waals surface area contributed by atoms with Gasteiger partial charge in [-0.2, -0.15) is 0 Å². The van der Waals surface area contributed by atoms with Crippen LogP contribution in [0.4, 0.5) is 0 Å². The zero-order valence-electron chi connectivity index (χ0n) is 8.76. The fourth-order valence-corrected chi connectivity index (χ4v) is 2.14. The maximum Gasteiger partial charge on any atom is 0.254 e. The fourth-order valence-electron chi connectivity index (χ4n) is 1.23. The molecule has 0 radical (unpaired) electrons. The summed E-state index contributed by atoms with van der Waals surface area (Å²) in [5, 5.41) is 0. The lowest BCUT2D eigenvalue weighted by atomic mass is 10.1. The summed E-state index contributed by atoms with van der Waals surface area (Å²) >= 11 is 8.97. The third-order valence-corrected chi connectivity index (χ3v) is 2.95. The van der Waals surface area contributed by atoms with Gasteiger partial charge in [-0.15, -0.1) is 11.6 Å². The van der Waals surface area contributed by atoms with Crippen LogP contribution >= 0.6 is 27.5 Å². The number of rotatable bonds is 3. The first-order valence-electron chi connectivity index (χ1n) is 4.64. The second kappa shape index (κ2) is 5.52. The molecule has 0 saturated heterocycles. The molecule has 0 saturated carbocycles. The quantitative estimate of drug-likeness (QED) is 0.784. The Hall–Kier alpha value is -0.540. The molecule has 0 unspecified atom stereocenters. The number of carbonyl (C=O) groups excluding carboxylic acids is 1. The fraction of sp³-hybridized carbons (Fsp3) is 0.364. The van der Waals surface area contributed by atoms with Gasteiger partial charge >= 0.3 is 0 Å². The van der Waals surface area contributed by atoms with Crippen LogP contribution in [0.25, 0.3) is 0 Å². The third-order valence-electron chi connectivity index (χ3n) is 2.12. The number of hydrogen-bond donors (Lipinski definition) is 0. The monoisotopic (exact) mass is 289 g/mol. The minimum absolute atomic E-state index is 0.0116. The molecule has 1 rings (SSSR count). The number of carbonyl (C=O) groups is 1. The number of hydrogen-bond acceptors (Lipinski definition) is 1. The van der Waals surface area contributed by atoms with E-state index < -0.39 is 0 Å². The van der Waals surface area contributed by atoms with E-state index in [9.17, 15) is 4.79 Å². The van der Waals surface area contributed by atoms with Crippen LogP contribution in [0.5, 0.6) is 0 Å². The second-order valence-electron chi connectivity index (χ2n) is 3.40. The Morgan fingerprint density at radius 1 is 1.53 bits per heavy atom. The summed E-state index contributed by atoms with van der Waals surface area (Å²) in [6.07, 6.45) is 0. The van der Waals surface area contributed by atoms with Crippen molar-refractivity contribution in [3.05, 3.63) is 33.8 Å². The van der Waals surface area contributed by atoms with Crippen molar-refractivity contribution >= 4 is 33.4 Å². The Morgan fingerprint density at radius 2 is 2.20 bits per heavy atom. The molecule has 0 N–H and O–H groups in total. The number of aryl methyl sites for hydroxylation is 1. The minimum Gasteiger partial charge on any atom is -0.340 e. The summed E-state index contributed by atoms with van der Waals surface area (Å²) in [6.45, 7) is 2.54. The molecule has 0 fully saturated rings. The maximum absolute atomic E-state index is 11.9. The average molecular weight is 291 g/mol. The number of halogens is 2. The Bertz CT molecular complexity index is 368. The standard InChI is InChI=1S/C11H13BrClNO/c1-8-3-4-9(10(12)7-8)11(15)14(2)6-5-13/h3-4,7H,5-6H2,1-2H3. The van der Waals surface area contributed by atoms with Crippen molar-refractivity contribution < 1.29 is 4.79 Å². The molecule has 0 atom stereocenters. The Labute approximate surface area is 103 Å². The molecule has 0 aromatic heterocycles. The summed E-state index contributed by atoms with van der Waals surface area (Å²) < 4.78 is 0.828. The van der Waals surface area contributed by atoms with E-state index in [0.29, 0.717) is 18.0 Å². The number of benzene rings is 1. The van der Waals surface area contributed by atoms with Crippen LogP contribution in [0, 0.1) is 6.92 Å². The van der Waals surface area contributed by atoms with Gasteiger partial charge < -0.3 is 4.90 Å².